The Bertz CT molecular complexity index is 877. The van der Waals surface area contributed by atoms with E-state index in [9.17, 15) is 8.42 Å². The smallest absolute Gasteiger partial charge is 0.261 e. The van der Waals surface area contributed by atoms with Crippen LogP contribution in [0.2, 0.25) is 0 Å². The lowest BCUT2D eigenvalue weighted by molar-refractivity contribution is 0.253. The van der Waals surface area contributed by atoms with Crippen LogP contribution in [0.5, 0.6) is 0 Å². The monoisotopic (exact) mass is 392 g/mol. The molecule has 0 aromatic carbocycles. The predicted molar refractivity (Wildman–Crippen MR) is 104 cm³/mol. The summed E-state index contributed by atoms with van der Waals surface area (Å²) in [6, 6.07) is 4.20. The number of rotatable bonds is 6. The predicted octanol–water partition coefficient (Wildman–Crippen LogP) is 1.98. The van der Waals surface area contributed by atoms with Crippen LogP contribution in [0.25, 0.3) is 11.4 Å². The fourth-order valence-corrected chi connectivity index (χ4v) is 4.73. The number of hydrogen-bond donors (Lipinski definition) is 0. The standard InChI is InChI=1S/C18H28N6O2S/c1-14(2)24-18(7-8-21-24)17-11-16(19-13-20-17)10-15-6-5-9-23(12-15)27(25,26)22(3)4/h7-8,11,13-15H,5-6,9-10,12H2,1-4H3. The van der Waals surface area contributed by atoms with E-state index in [2.05, 4.69) is 28.9 Å². The molecule has 2 aromatic heterocycles. The highest BCUT2D eigenvalue weighted by atomic mass is 32.2. The molecule has 27 heavy (non-hydrogen) atoms. The van der Waals surface area contributed by atoms with Crippen LogP contribution in [0.3, 0.4) is 0 Å². The molecule has 0 radical (unpaired) electrons. The molecule has 9 heteroatoms. The number of hydrogen-bond acceptors (Lipinski definition) is 5. The van der Waals surface area contributed by atoms with Crippen molar-refractivity contribution in [3.63, 3.8) is 0 Å². The molecule has 1 atom stereocenters. The van der Waals surface area contributed by atoms with E-state index in [0.717, 1.165) is 36.3 Å². The lowest BCUT2D eigenvalue weighted by atomic mass is 9.94. The molecule has 1 aliphatic heterocycles. The maximum absolute atomic E-state index is 12.4. The normalized spacial score (nSPS) is 19.1. The zero-order valence-corrected chi connectivity index (χ0v) is 17.2. The van der Waals surface area contributed by atoms with Gasteiger partial charge in [-0.15, -0.1) is 0 Å². The van der Waals surface area contributed by atoms with Crippen LogP contribution in [-0.2, 0) is 16.6 Å². The molecule has 3 rings (SSSR count). The van der Waals surface area contributed by atoms with Crippen molar-refractivity contribution in [1.82, 2.24) is 28.4 Å². The lowest BCUT2D eigenvalue weighted by Gasteiger charge is -2.33. The summed E-state index contributed by atoms with van der Waals surface area (Å²) >= 11 is 0. The first-order valence-electron chi connectivity index (χ1n) is 9.31. The second kappa shape index (κ2) is 8.04. The quantitative estimate of drug-likeness (QED) is 0.750. The highest BCUT2D eigenvalue weighted by molar-refractivity contribution is 7.86. The van der Waals surface area contributed by atoms with Crippen LogP contribution in [-0.4, -0.2) is 64.0 Å². The highest BCUT2D eigenvalue weighted by Gasteiger charge is 2.30. The van der Waals surface area contributed by atoms with Crippen molar-refractivity contribution in [2.75, 3.05) is 27.2 Å². The number of nitrogens with zero attached hydrogens (tertiary/aromatic N) is 6. The topological polar surface area (TPSA) is 84.2 Å². The van der Waals surface area contributed by atoms with Gasteiger partial charge in [-0.2, -0.15) is 22.1 Å². The van der Waals surface area contributed by atoms with E-state index in [-0.39, 0.29) is 12.0 Å². The van der Waals surface area contributed by atoms with Gasteiger partial charge in [-0.25, -0.2) is 9.97 Å². The average molecular weight is 393 g/mol. The zero-order chi connectivity index (χ0) is 19.6. The highest BCUT2D eigenvalue weighted by Crippen LogP contribution is 2.25. The number of piperidine rings is 1. The fourth-order valence-electron chi connectivity index (χ4n) is 3.51. The molecule has 0 amide bonds. The Hall–Kier alpha value is -1.84. The Morgan fingerprint density at radius 3 is 2.78 bits per heavy atom. The second-order valence-corrected chi connectivity index (χ2v) is 9.65. The molecule has 148 valence electrons. The van der Waals surface area contributed by atoms with E-state index in [1.807, 2.05) is 16.8 Å². The van der Waals surface area contributed by atoms with E-state index >= 15 is 0 Å². The molecule has 3 heterocycles. The minimum Gasteiger partial charge on any atom is -0.261 e. The van der Waals surface area contributed by atoms with Crippen LogP contribution in [0.4, 0.5) is 0 Å². The van der Waals surface area contributed by atoms with Gasteiger partial charge >= 0.3 is 0 Å². The molecule has 0 spiro atoms. The Balaban J connectivity index is 1.76. The Kier molecular flexibility index (Phi) is 5.92. The first kappa shape index (κ1) is 19.9. The van der Waals surface area contributed by atoms with Gasteiger partial charge < -0.3 is 0 Å². The minimum absolute atomic E-state index is 0.247. The van der Waals surface area contributed by atoms with Gasteiger partial charge in [0.25, 0.3) is 10.2 Å². The van der Waals surface area contributed by atoms with Crippen molar-refractivity contribution in [3.8, 4) is 11.4 Å². The first-order valence-corrected chi connectivity index (χ1v) is 10.7. The van der Waals surface area contributed by atoms with E-state index in [4.69, 9.17) is 0 Å². The van der Waals surface area contributed by atoms with Crippen molar-refractivity contribution >= 4 is 10.2 Å². The van der Waals surface area contributed by atoms with Gasteiger partial charge in [0.2, 0.25) is 0 Å². The third-order valence-electron chi connectivity index (χ3n) is 4.91. The molecule has 1 aliphatic rings. The van der Waals surface area contributed by atoms with Crippen molar-refractivity contribution in [3.05, 3.63) is 30.4 Å². The molecule has 2 aromatic rings. The van der Waals surface area contributed by atoms with Crippen molar-refractivity contribution < 1.29 is 8.42 Å². The minimum atomic E-state index is -3.36. The maximum atomic E-state index is 12.4. The van der Waals surface area contributed by atoms with E-state index in [1.54, 1.807) is 30.9 Å². The second-order valence-electron chi connectivity index (χ2n) is 7.51. The van der Waals surface area contributed by atoms with Crippen molar-refractivity contribution in [2.45, 2.75) is 39.2 Å². The summed E-state index contributed by atoms with van der Waals surface area (Å²) in [5, 5.41) is 4.37. The Morgan fingerprint density at radius 1 is 1.30 bits per heavy atom. The maximum Gasteiger partial charge on any atom is 0.281 e. The van der Waals surface area contributed by atoms with Crippen molar-refractivity contribution in [2.24, 2.45) is 5.92 Å². The van der Waals surface area contributed by atoms with E-state index < -0.39 is 10.2 Å². The average Bonchev–Trinajstić information content (AvgIpc) is 3.12. The molecule has 0 N–H and O–H groups in total. The molecule has 1 fully saturated rings. The molecular weight excluding hydrogens is 364 g/mol. The SMILES string of the molecule is CC(C)n1nccc1-c1cc(CC2CCCN(S(=O)(=O)N(C)C)C2)ncn1. The molecule has 1 saturated heterocycles. The molecule has 0 saturated carbocycles. The summed E-state index contributed by atoms with van der Waals surface area (Å²) in [6.07, 6.45) is 5.98. The van der Waals surface area contributed by atoms with Gasteiger partial charge in [0.05, 0.1) is 11.4 Å². The first-order chi connectivity index (χ1) is 12.8. The van der Waals surface area contributed by atoms with Gasteiger partial charge in [0.15, 0.2) is 0 Å². The molecule has 0 bridgehead atoms. The number of aromatic nitrogens is 4. The molecular formula is C18H28N6O2S. The van der Waals surface area contributed by atoms with Crippen LogP contribution in [0.15, 0.2) is 24.7 Å². The van der Waals surface area contributed by atoms with Crippen LogP contribution in [0, 0.1) is 5.92 Å². The summed E-state index contributed by atoms with van der Waals surface area (Å²) in [4.78, 5) is 8.83. The summed E-state index contributed by atoms with van der Waals surface area (Å²) in [5.74, 6) is 0.256. The van der Waals surface area contributed by atoms with Gasteiger partial charge in [0.1, 0.15) is 6.33 Å². The van der Waals surface area contributed by atoms with Gasteiger partial charge in [0, 0.05) is 45.1 Å². The van der Waals surface area contributed by atoms with Crippen LogP contribution < -0.4 is 0 Å². The molecule has 0 aliphatic carbocycles. The third kappa shape index (κ3) is 4.36. The summed E-state index contributed by atoms with van der Waals surface area (Å²) in [5.41, 5.74) is 2.75. The molecule has 8 nitrogen and oxygen atoms in total. The van der Waals surface area contributed by atoms with Crippen molar-refractivity contribution in [1.29, 1.82) is 0 Å². The zero-order valence-electron chi connectivity index (χ0n) is 16.4. The van der Waals surface area contributed by atoms with E-state index in [0.29, 0.717) is 13.1 Å². The van der Waals surface area contributed by atoms with Crippen LogP contribution in [0.1, 0.15) is 38.4 Å². The summed E-state index contributed by atoms with van der Waals surface area (Å²) in [6.45, 7) is 5.28. The van der Waals surface area contributed by atoms with Gasteiger partial charge in [-0.3, -0.25) is 4.68 Å². The van der Waals surface area contributed by atoms with E-state index in [1.165, 1.54) is 4.31 Å². The fraction of sp³-hybridized carbons (Fsp3) is 0.611. The lowest BCUT2D eigenvalue weighted by Crippen LogP contribution is -2.45. The Morgan fingerprint density at radius 2 is 2.07 bits per heavy atom. The van der Waals surface area contributed by atoms with Gasteiger partial charge in [-0.1, -0.05) is 0 Å². The molecule has 1 unspecified atom stereocenters. The largest absolute Gasteiger partial charge is 0.281 e. The van der Waals surface area contributed by atoms with Crippen LogP contribution >= 0.6 is 0 Å². The summed E-state index contributed by atoms with van der Waals surface area (Å²) < 4.78 is 29.6. The third-order valence-corrected chi connectivity index (χ3v) is 6.82. The van der Waals surface area contributed by atoms with Gasteiger partial charge in [-0.05, 0) is 51.2 Å². The summed E-state index contributed by atoms with van der Waals surface area (Å²) in [7, 11) is -0.208. The Labute approximate surface area is 161 Å².